The molecule has 0 fully saturated rings. The fourth-order valence-corrected chi connectivity index (χ4v) is 1.78. The van der Waals surface area contributed by atoms with E-state index in [0.29, 0.717) is 16.6 Å². The lowest BCUT2D eigenvalue weighted by Gasteiger charge is -2.02. The Hall–Kier alpha value is -2.50. The van der Waals surface area contributed by atoms with Crippen LogP contribution in [0.2, 0.25) is 0 Å². The predicted octanol–water partition coefficient (Wildman–Crippen LogP) is 1.31. The third kappa shape index (κ3) is 1.77. The van der Waals surface area contributed by atoms with Crippen molar-refractivity contribution in [3.8, 4) is 0 Å². The highest BCUT2D eigenvalue weighted by atomic mass is 19.1. The molecule has 0 amide bonds. The molecule has 0 saturated heterocycles. The molecular formula is C12H9FN4O. The van der Waals surface area contributed by atoms with Gasteiger partial charge in [0.05, 0.1) is 12.9 Å². The van der Waals surface area contributed by atoms with Crippen LogP contribution in [0.15, 0.2) is 41.6 Å². The lowest BCUT2D eigenvalue weighted by atomic mass is 10.2. The van der Waals surface area contributed by atoms with Gasteiger partial charge < -0.3 is 4.98 Å². The van der Waals surface area contributed by atoms with Crippen molar-refractivity contribution in [3.05, 3.63) is 58.5 Å². The molecule has 3 rings (SSSR count). The zero-order chi connectivity index (χ0) is 12.5. The number of hydrogen-bond donors (Lipinski definition) is 1. The molecule has 0 saturated carbocycles. The predicted molar refractivity (Wildman–Crippen MR) is 63.7 cm³/mol. The van der Waals surface area contributed by atoms with Crippen molar-refractivity contribution < 1.29 is 4.39 Å². The summed E-state index contributed by atoms with van der Waals surface area (Å²) in [7, 11) is 0. The summed E-state index contributed by atoms with van der Waals surface area (Å²) >= 11 is 0. The van der Waals surface area contributed by atoms with Crippen LogP contribution in [0.5, 0.6) is 0 Å². The number of aromatic amines is 1. The van der Waals surface area contributed by atoms with Crippen molar-refractivity contribution >= 4 is 11.0 Å². The molecule has 1 N–H and O–H groups in total. The monoisotopic (exact) mass is 244 g/mol. The number of H-pyrrole nitrogens is 1. The lowest BCUT2D eigenvalue weighted by molar-refractivity contribution is 0.586. The van der Waals surface area contributed by atoms with Crippen LogP contribution in [0.1, 0.15) is 5.56 Å². The van der Waals surface area contributed by atoms with Gasteiger partial charge in [-0.15, -0.1) is 0 Å². The first-order valence-corrected chi connectivity index (χ1v) is 5.38. The molecule has 0 aliphatic heterocycles. The number of hydrogen-bond acceptors (Lipinski definition) is 3. The van der Waals surface area contributed by atoms with Crippen molar-refractivity contribution in [2.75, 3.05) is 0 Å². The van der Waals surface area contributed by atoms with Crippen LogP contribution in [0, 0.1) is 5.82 Å². The van der Waals surface area contributed by atoms with Gasteiger partial charge >= 0.3 is 0 Å². The van der Waals surface area contributed by atoms with E-state index in [1.807, 2.05) is 0 Å². The van der Waals surface area contributed by atoms with Crippen LogP contribution in [0.25, 0.3) is 11.0 Å². The summed E-state index contributed by atoms with van der Waals surface area (Å²) in [6.45, 7) is 0.266. The molecule has 90 valence electrons. The molecule has 0 aliphatic rings. The quantitative estimate of drug-likeness (QED) is 0.739. The highest BCUT2D eigenvalue weighted by Crippen LogP contribution is 2.10. The van der Waals surface area contributed by atoms with E-state index in [1.165, 1.54) is 17.1 Å². The van der Waals surface area contributed by atoms with E-state index in [0.717, 1.165) is 0 Å². The Kier molecular flexibility index (Phi) is 2.40. The van der Waals surface area contributed by atoms with E-state index < -0.39 is 0 Å². The van der Waals surface area contributed by atoms with Crippen LogP contribution in [-0.4, -0.2) is 19.7 Å². The Labute approximate surface area is 101 Å². The van der Waals surface area contributed by atoms with Gasteiger partial charge in [-0.1, -0.05) is 18.2 Å². The first-order valence-electron chi connectivity index (χ1n) is 5.38. The number of nitrogens with one attached hydrogen (secondary N) is 1. The molecule has 0 atom stereocenters. The summed E-state index contributed by atoms with van der Waals surface area (Å²) in [6.07, 6.45) is 2.86. The fraction of sp³-hybridized carbons (Fsp3) is 0.0833. The molecule has 0 spiro atoms. The topological polar surface area (TPSA) is 63.6 Å². The summed E-state index contributed by atoms with van der Waals surface area (Å²) in [6, 6.07) is 6.46. The molecule has 0 unspecified atom stereocenters. The third-order valence-electron chi connectivity index (χ3n) is 2.66. The Morgan fingerprint density at radius 3 is 2.94 bits per heavy atom. The molecule has 5 nitrogen and oxygen atoms in total. The van der Waals surface area contributed by atoms with Crippen molar-refractivity contribution in [1.82, 2.24) is 19.7 Å². The van der Waals surface area contributed by atoms with Gasteiger partial charge in [-0.3, -0.25) is 9.48 Å². The van der Waals surface area contributed by atoms with E-state index in [4.69, 9.17) is 0 Å². The molecular weight excluding hydrogens is 235 g/mol. The van der Waals surface area contributed by atoms with E-state index in [9.17, 15) is 9.18 Å². The van der Waals surface area contributed by atoms with E-state index in [2.05, 4.69) is 15.1 Å². The van der Waals surface area contributed by atoms with Crippen molar-refractivity contribution in [3.63, 3.8) is 0 Å². The van der Waals surface area contributed by atoms with Crippen molar-refractivity contribution in [1.29, 1.82) is 0 Å². The SMILES string of the molecule is O=c1[nH]cnc2nn(Cc3ccccc3F)cc12. The average molecular weight is 244 g/mol. The summed E-state index contributed by atoms with van der Waals surface area (Å²) in [5, 5.41) is 4.53. The molecule has 0 aliphatic carbocycles. The first kappa shape index (κ1) is 10.6. The zero-order valence-electron chi connectivity index (χ0n) is 9.30. The van der Waals surface area contributed by atoms with Crippen molar-refractivity contribution in [2.45, 2.75) is 6.54 Å². The molecule has 0 radical (unpaired) electrons. The summed E-state index contributed by atoms with van der Waals surface area (Å²) in [5.41, 5.74) is 0.622. The third-order valence-corrected chi connectivity index (χ3v) is 2.66. The van der Waals surface area contributed by atoms with Gasteiger partial charge in [-0.2, -0.15) is 5.10 Å². The Balaban J connectivity index is 2.04. The molecule has 6 heteroatoms. The van der Waals surface area contributed by atoms with Gasteiger partial charge in [0.1, 0.15) is 11.2 Å². The highest BCUT2D eigenvalue weighted by molar-refractivity contribution is 5.71. The number of nitrogens with zero attached hydrogens (tertiary/aromatic N) is 3. The minimum absolute atomic E-state index is 0.250. The number of fused-ring (bicyclic) bond motifs is 1. The maximum Gasteiger partial charge on any atom is 0.261 e. The lowest BCUT2D eigenvalue weighted by Crippen LogP contribution is -2.04. The van der Waals surface area contributed by atoms with E-state index in [-0.39, 0.29) is 17.9 Å². The minimum atomic E-state index is -0.293. The molecule has 2 aromatic heterocycles. The fourth-order valence-electron chi connectivity index (χ4n) is 1.78. The van der Waals surface area contributed by atoms with E-state index >= 15 is 0 Å². The second-order valence-corrected chi connectivity index (χ2v) is 3.89. The van der Waals surface area contributed by atoms with Gasteiger partial charge in [0.15, 0.2) is 5.65 Å². The summed E-state index contributed by atoms with van der Waals surface area (Å²) in [4.78, 5) is 17.9. The van der Waals surface area contributed by atoms with Gasteiger partial charge in [0.25, 0.3) is 5.56 Å². The van der Waals surface area contributed by atoms with Gasteiger partial charge in [-0.05, 0) is 6.07 Å². The van der Waals surface area contributed by atoms with Gasteiger partial charge in [-0.25, -0.2) is 9.37 Å². The van der Waals surface area contributed by atoms with E-state index in [1.54, 1.807) is 24.4 Å². The van der Waals surface area contributed by atoms with Gasteiger partial charge in [0.2, 0.25) is 0 Å². The van der Waals surface area contributed by atoms with Crippen LogP contribution < -0.4 is 5.56 Å². The molecule has 0 bridgehead atoms. The number of rotatable bonds is 2. The minimum Gasteiger partial charge on any atom is -0.312 e. The number of halogens is 1. The van der Waals surface area contributed by atoms with Crippen LogP contribution in [0.3, 0.4) is 0 Å². The molecule has 18 heavy (non-hydrogen) atoms. The number of benzene rings is 1. The molecule has 3 aromatic rings. The van der Waals surface area contributed by atoms with Gasteiger partial charge in [0, 0.05) is 11.8 Å². The maximum atomic E-state index is 13.5. The molecule has 1 aromatic carbocycles. The van der Waals surface area contributed by atoms with Crippen LogP contribution in [0.4, 0.5) is 4.39 Å². The van der Waals surface area contributed by atoms with Crippen LogP contribution in [-0.2, 0) is 6.54 Å². The second-order valence-electron chi connectivity index (χ2n) is 3.89. The normalized spacial score (nSPS) is 10.9. The number of aromatic nitrogens is 4. The first-order chi connectivity index (χ1) is 8.74. The zero-order valence-corrected chi connectivity index (χ0v) is 9.30. The average Bonchev–Trinajstić information content (AvgIpc) is 2.76. The highest BCUT2D eigenvalue weighted by Gasteiger charge is 2.07. The molecule has 2 heterocycles. The Morgan fingerprint density at radius 2 is 2.17 bits per heavy atom. The standard InChI is InChI=1S/C12H9FN4O/c13-10-4-2-1-3-8(10)5-17-6-9-11(16-17)14-7-15-12(9)18/h1-4,6-7H,5H2,(H,14,15,16,18). The summed E-state index contributed by atoms with van der Waals surface area (Å²) < 4.78 is 15.0. The summed E-state index contributed by atoms with van der Waals surface area (Å²) in [5.74, 6) is -0.293. The van der Waals surface area contributed by atoms with Crippen LogP contribution >= 0.6 is 0 Å². The van der Waals surface area contributed by atoms with Crippen molar-refractivity contribution in [2.24, 2.45) is 0 Å². The largest absolute Gasteiger partial charge is 0.312 e. The Bertz CT molecular complexity index is 762. The second kappa shape index (κ2) is 4.06. The maximum absolute atomic E-state index is 13.5. The Morgan fingerprint density at radius 1 is 1.33 bits per heavy atom. The smallest absolute Gasteiger partial charge is 0.261 e.